The Morgan fingerprint density at radius 1 is 0.673 bits per heavy atom. The Balaban J connectivity index is 1.38. The monoisotopic (exact) mass is 714 g/mol. The molecule has 0 bridgehead atoms. The molecule has 0 radical (unpaired) electrons. The van der Waals surface area contributed by atoms with E-state index in [1.54, 1.807) is 18.2 Å². The molecule has 0 heterocycles. The predicted octanol–water partition coefficient (Wildman–Crippen LogP) is 8.70. The van der Waals surface area contributed by atoms with Gasteiger partial charge in [-0.3, -0.25) is 4.39 Å². The summed E-state index contributed by atoms with van der Waals surface area (Å²) in [4.78, 5) is 24.3. The van der Waals surface area contributed by atoms with Gasteiger partial charge in [-0.05, 0) is 76.6 Å². The van der Waals surface area contributed by atoms with Gasteiger partial charge >= 0.3 is 11.9 Å². The van der Waals surface area contributed by atoms with E-state index in [2.05, 4.69) is 44.0 Å². The minimum atomic E-state index is -0.772. The van der Waals surface area contributed by atoms with Gasteiger partial charge in [0, 0.05) is 24.7 Å². The fraction of sp³-hybridized carbons (Fsp3) is 0.395. The summed E-state index contributed by atoms with van der Waals surface area (Å²) in [6, 6.07) is 21.9. The van der Waals surface area contributed by atoms with Crippen LogP contribution in [0.5, 0.6) is 11.5 Å². The number of hydrogen-bond acceptors (Lipinski definition) is 8. The normalized spacial score (nSPS) is 15.4. The minimum Gasteiger partial charge on any atom is -0.457 e. The lowest BCUT2D eigenvalue weighted by Gasteiger charge is -2.28. The van der Waals surface area contributed by atoms with Gasteiger partial charge in [0.05, 0.1) is 18.9 Å². The molecule has 8 nitrogen and oxygen atoms in total. The fourth-order valence-corrected chi connectivity index (χ4v) is 6.30. The Labute approximate surface area is 306 Å². The van der Waals surface area contributed by atoms with Gasteiger partial charge in [0.2, 0.25) is 13.6 Å². The highest BCUT2D eigenvalue weighted by atomic mass is 19.1. The van der Waals surface area contributed by atoms with Crippen molar-refractivity contribution in [3.8, 4) is 33.8 Å². The molecule has 9 heteroatoms. The topological polar surface area (TPSA) is 112 Å². The number of carbonyl (C=O) groups excluding carboxylic acids is 2. The summed E-state index contributed by atoms with van der Waals surface area (Å²) in [6.07, 6.45) is 10.4. The van der Waals surface area contributed by atoms with Gasteiger partial charge in [-0.1, -0.05) is 107 Å². The van der Waals surface area contributed by atoms with Gasteiger partial charge in [-0.25, -0.2) is 9.59 Å². The maximum Gasteiger partial charge on any atom is 0.340 e. The third-order valence-corrected chi connectivity index (χ3v) is 9.59. The number of aliphatic hydroxyl groups is 2. The molecule has 0 unspecified atom stereocenters. The van der Waals surface area contributed by atoms with E-state index >= 15 is 0 Å². The number of halogens is 1. The highest BCUT2D eigenvalue weighted by molar-refractivity contribution is 5.92. The molecule has 0 amide bonds. The minimum absolute atomic E-state index is 0.0557. The van der Waals surface area contributed by atoms with Crippen LogP contribution in [0.25, 0.3) is 22.3 Å². The van der Waals surface area contributed by atoms with Crippen LogP contribution in [0, 0.1) is 11.8 Å². The SMILES string of the molecule is C=C(CO)C(=C)C(=O)OCOc1cc(OCOC(=O)C(=C)CCO)cc(-c2ccc(-c3ccc(CCC4CCC(CCCCF)CC4)cc3)cc2)c1. The summed E-state index contributed by atoms with van der Waals surface area (Å²) in [5, 5.41) is 18.2. The molecule has 0 aliphatic heterocycles. The van der Waals surface area contributed by atoms with Crippen molar-refractivity contribution in [2.24, 2.45) is 11.8 Å². The molecule has 52 heavy (non-hydrogen) atoms. The molecule has 1 saturated carbocycles. The Morgan fingerprint density at radius 3 is 1.73 bits per heavy atom. The molecule has 278 valence electrons. The van der Waals surface area contributed by atoms with Crippen molar-refractivity contribution in [1.82, 2.24) is 0 Å². The number of carbonyl (C=O) groups is 2. The van der Waals surface area contributed by atoms with Crippen LogP contribution in [-0.4, -0.2) is 55.6 Å². The maximum absolute atomic E-state index is 12.4. The van der Waals surface area contributed by atoms with E-state index in [-0.39, 0.29) is 36.4 Å². The summed E-state index contributed by atoms with van der Waals surface area (Å²) in [6.45, 7) is 9.08. The predicted molar refractivity (Wildman–Crippen MR) is 200 cm³/mol. The summed E-state index contributed by atoms with van der Waals surface area (Å²) in [5.41, 5.74) is 5.34. The lowest BCUT2D eigenvalue weighted by molar-refractivity contribution is -0.146. The highest BCUT2D eigenvalue weighted by Crippen LogP contribution is 2.35. The average Bonchev–Trinajstić information content (AvgIpc) is 3.17. The van der Waals surface area contributed by atoms with E-state index in [0.29, 0.717) is 17.9 Å². The highest BCUT2D eigenvalue weighted by Gasteiger charge is 2.21. The second-order valence-corrected chi connectivity index (χ2v) is 13.3. The van der Waals surface area contributed by atoms with Crippen LogP contribution >= 0.6 is 0 Å². The van der Waals surface area contributed by atoms with Gasteiger partial charge in [0.15, 0.2) is 0 Å². The van der Waals surface area contributed by atoms with E-state index in [4.69, 9.17) is 24.1 Å². The van der Waals surface area contributed by atoms with Gasteiger partial charge < -0.3 is 29.2 Å². The fourth-order valence-electron chi connectivity index (χ4n) is 6.30. The largest absolute Gasteiger partial charge is 0.457 e. The van der Waals surface area contributed by atoms with Crippen LogP contribution in [0.2, 0.25) is 0 Å². The van der Waals surface area contributed by atoms with Crippen LogP contribution in [0.4, 0.5) is 4.39 Å². The van der Waals surface area contributed by atoms with E-state index in [9.17, 15) is 19.1 Å². The van der Waals surface area contributed by atoms with Crippen molar-refractivity contribution < 1.29 is 43.1 Å². The summed E-state index contributed by atoms with van der Waals surface area (Å²) >= 11 is 0. The molecular formula is C43H51FO8. The molecule has 0 aromatic heterocycles. The van der Waals surface area contributed by atoms with Crippen LogP contribution in [0.1, 0.15) is 63.4 Å². The number of ether oxygens (including phenoxy) is 4. The quantitative estimate of drug-likeness (QED) is 0.0371. The number of aryl methyl sites for hydroxylation is 1. The zero-order chi connectivity index (χ0) is 37.3. The third kappa shape index (κ3) is 12.5. The first kappa shape index (κ1) is 40.0. The number of aliphatic hydroxyl groups excluding tert-OH is 2. The summed E-state index contributed by atoms with van der Waals surface area (Å²) < 4.78 is 34.1. The number of unbranched alkanes of at least 4 members (excludes halogenated alkanes) is 1. The van der Waals surface area contributed by atoms with E-state index in [0.717, 1.165) is 46.9 Å². The maximum atomic E-state index is 12.4. The van der Waals surface area contributed by atoms with Crippen molar-refractivity contribution in [2.45, 2.75) is 64.2 Å². The Bertz CT molecular complexity index is 1640. The van der Waals surface area contributed by atoms with Gasteiger partial charge in [-0.2, -0.15) is 0 Å². The van der Waals surface area contributed by atoms with Crippen molar-refractivity contribution in [3.05, 3.63) is 109 Å². The molecule has 3 aromatic carbocycles. The van der Waals surface area contributed by atoms with Crippen molar-refractivity contribution >= 4 is 11.9 Å². The molecular weight excluding hydrogens is 663 g/mol. The first-order valence-electron chi connectivity index (χ1n) is 18.0. The lowest BCUT2D eigenvalue weighted by Crippen LogP contribution is -2.15. The molecule has 1 aliphatic carbocycles. The Hall–Kier alpha value is -4.73. The average molecular weight is 715 g/mol. The molecule has 0 saturated heterocycles. The molecule has 1 aliphatic rings. The van der Waals surface area contributed by atoms with E-state index < -0.39 is 32.1 Å². The summed E-state index contributed by atoms with van der Waals surface area (Å²) in [7, 11) is 0. The smallest absolute Gasteiger partial charge is 0.340 e. The van der Waals surface area contributed by atoms with E-state index in [1.807, 2.05) is 24.3 Å². The number of esters is 2. The van der Waals surface area contributed by atoms with Crippen LogP contribution in [0.3, 0.4) is 0 Å². The first-order valence-corrected chi connectivity index (χ1v) is 18.0. The summed E-state index contributed by atoms with van der Waals surface area (Å²) in [5.74, 6) is 0.764. The van der Waals surface area contributed by atoms with Crippen molar-refractivity contribution in [1.29, 1.82) is 0 Å². The molecule has 3 aromatic rings. The zero-order valence-electron chi connectivity index (χ0n) is 30.0. The second-order valence-electron chi connectivity index (χ2n) is 13.3. The third-order valence-electron chi connectivity index (χ3n) is 9.59. The molecule has 0 spiro atoms. The van der Waals surface area contributed by atoms with Crippen LogP contribution < -0.4 is 9.47 Å². The number of benzene rings is 3. The molecule has 1 fully saturated rings. The standard InChI is InChI=1S/C43H51FO8/c1-30(21-23-45)42(47)51-28-49-40-24-39(25-41(26-40)50-29-52-43(48)32(3)31(2)27-46)38-19-17-37(18-20-38)36-15-13-35(14-16-36)12-11-34-9-7-33(8-10-34)6-4-5-22-44/h13-20,24-26,33-34,45-46H,1-12,21-23,27-29H2. The van der Waals surface area contributed by atoms with Crippen LogP contribution in [0.15, 0.2) is 103 Å². The zero-order valence-corrected chi connectivity index (χ0v) is 30.0. The lowest BCUT2D eigenvalue weighted by atomic mass is 9.78. The van der Waals surface area contributed by atoms with E-state index in [1.165, 1.54) is 44.1 Å². The number of hydrogen-bond donors (Lipinski definition) is 2. The van der Waals surface area contributed by atoms with Crippen LogP contribution in [-0.2, 0) is 25.5 Å². The Kier molecular flexibility index (Phi) is 16.1. The number of alkyl halides is 1. The van der Waals surface area contributed by atoms with Crippen molar-refractivity contribution in [2.75, 3.05) is 33.5 Å². The van der Waals surface area contributed by atoms with Gasteiger partial charge in [-0.15, -0.1) is 0 Å². The van der Waals surface area contributed by atoms with Gasteiger partial charge in [0.1, 0.15) is 11.5 Å². The number of rotatable bonds is 21. The molecule has 0 atom stereocenters. The molecule has 2 N–H and O–H groups in total. The van der Waals surface area contributed by atoms with Crippen molar-refractivity contribution in [3.63, 3.8) is 0 Å². The molecule has 4 rings (SSSR count). The first-order chi connectivity index (χ1) is 25.2. The Morgan fingerprint density at radius 2 is 1.19 bits per heavy atom. The second kappa shape index (κ2) is 21.0. The van der Waals surface area contributed by atoms with Gasteiger partial charge in [0.25, 0.3) is 0 Å².